The van der Waals surface area contributed by atoms with Crippen LogP contribution in [0, 0.1) is 0 Å². The van der Waals surface area contributed by atoms with E-state index in [1.165, 1.54) is 0 Å². The molecule has 0 spiro atoms. The number of benzene rings is 1. The van der Waals surface area contributed by atoms with Gasteiger partial charge in [-0.25, -0.2) is 4.98 Å². The molecule has 0 unspecified atom stereocenters. The number of nitrogens with zero attached hydrogens (tertiary/aromatic N) is 3. The molecule has 20 heavy (non-hydrogen) atoms. The molecule has 1 aromatic carbocycles. The van der Waals surface area contributed by atoms with Gasteiger partial charge in [0.05, 0.1) is 0 Å². The molecule has 106 valence electrons. The summed E-state index contributed by atoms with van der Waals surface area (Å²) in [5.74, 6) is 0.286. The number of ether oxygens (including phenoxy) is 1. The van der Waals surface area contributed by atoms with Crippen molar-refractivity contribution in [3.63, 3.8) is 0 Å². The summed E-state index contributed by atoms with van der Waals surface area (Å²) in [5.41, 5.74) is 6.21. The number of halogens is 3. The number of hydrogen-bond acceptors (Lipinski definition) is 5. The summed E-state index contributed by atoms with van der Waals surface area (Å²) in [7, 11) is 0. The van der Waals surface area contributed by atoms with Crippen LogP contribution >= 0.6 is 0 Å². The zero-order chi connectivity index (χ0) is 14.6. The maximum atomic E-state index is 12.0. The van der Waals surface area contributed by atoms with Crippen LogP contribution in [0.3, 0.4) is 0 Å². The zero-order valence-corrected chi connectivity index (χ0v) is 10.3. The zero-order valence-electron chi connectivity index (χ0n) is 10.3. The maximum absolute atomic E-state index is 12.0. The molecule has 0 radical (unpaired) electrons. The molecule has 0 aliphatic rings. The van der Waals surface area contributed by atoms with Gasteiger partial charge in [-0.1, -0.05) is 30.3 Å². The van der Waals surface area contributed by atoms with E-state index in [2.05, 4.69) is 19.7 Å². The number of alkyl halides is 3. The first kappa shape index (κ1) is 14.2. The molecule has 0 aliphatic heterocycles. The van der Waals surface area contributed by atoms with Gasteiger partial charge in [0.1, 0.15) is 13.2 Å². The second-order valence-electron chi connectivity index (χ2n) is 3.91. The highest BCUT2D eigenvalue weighted by Gasteiger charge is 2.27. The molecule has 2 aromatic rings. The third-order valence-corrected chi connectivity index (χ3v) is 2.23. The molecule has 5 nitrogen and oxygen atoms in total. The number of nitrogen functional groups attached to an aromatic ring is 1. The van der Waals surface area contributed by atoms with E-state index in [0.29, 0.717) is 11.4 Å². The fraction of sp³-hybridized carbons (Fsp3) is 0.250. The van der Waals surface area contributed by atoms with Crippen molar-refractivity contribution in [2.24, 2.45) is 0 Å². The van der Waals surface area contributed by atoms with Crippen molar-refractivity contribution in [3.05, 3.63) is 36.2 Å². The Kier molecular flexibility index (Phi) is 4.14. The molecule has 1 heterocycles. The summed E-state index contributed by atoms with van der Waals surface area (Å²) in [6.45, 7) is -1.74. The Balaban J connectivity index is 2.13. The van der Waals surface area contributed by atoms with Crippen molar-refractivity contribution in [3.8, 4) is 11.4 Å². The summed E-state index contributed by atoms with van der Waals surface area (Å²) in [6, 6.07) is 8.91. The van der Waals surface area contributed by atoms with Crippen LogP contribution in [0.2, 0.25) is 0 Å². The third-order valence-electron chi connectivity index (χ3n) is 2.23. The van der Waals surface area contributed by atoms with Crippen molar-refractivity contribution < 1.29 is 17.9 Å². The highest BCUT2D eigenvalue weighted by molar-refractivity contribution is 5.55. The topological polar surface area (TPSA) is 73.9 Å². The average Bonchev–Trinajstić information content (AvgIpc) is 2.37. The first-order valence-electron chi connectivity index (χ1n) is 5.64. The molecular weight excluding hydrogens is 273 g/mol. The maximum Gasteiger partial charge on any atom is 0.411 e. The third kappa shape index (κ3) is 4.16. The molecule has 2 rings (SSSR count). The lowest BCUT2D eigenvalue weighted by Gasteiger charge is -2.08. The lowest BCUT2D eigenvalue weighted by molar-refractivity contribution is -0.177. The fourth-order valence-electron chi connectivity index (χ4n) is 1.48. The van der Waals surface area contributed by atoms with Gasteiger partial charge in [-0.05, 0) is 0 Å². The number of hydrogen-bond donors (Lipinski definition) is 1. The Morgan fingerprint density at radius 2 is 1.75 bits per heavy atom. The van der Waals surface area contributed by atoms with Gasteiger partial charge in [0.2, 0.25) is 5.95 Å². The lowest BCUT2D eigenvalue weighted by Crippen LogP contribution is -2.17. The molecule has 8 heteroatoms. The minimum absolute atomic E-state index is 0.0561. The van der Waals surface area contributed by atoms with Gasteiger partial charge in [-0.15, -0.1) is 0 Å². The minimum atomic E-state index is -4.39. The number of anilines is 1. The monoisotopic (exact) mass is 284 g/mol. The summed E-state index contributed by atoms with van der Waals surface area (Å²) in [4.78, 5) is 11.7. The summed E-state index contributed by atoms with van der Waals surface area (Å²) >= 11 is 0. The summed E-state index contributed by atoms with van der Waals surface area (Å²) in [6.07, 6.45) is -4.39. The number of nitrogens with two attached hydrogens (primary N) is 1. The van der Waals surface area contributed by atoms with Gasteiger partial charge in [-0.2, -0.15) is 23.1 Å². The van der Waals surface area contributed by atoms with E-state index in [9.17, 15) is 13.2 Å². The minimum Gasteiger partial charge on any atom is -0.368 e. The van der Waals surface area contributed by atoms with Crippen molar-refractivity contribution in [1.29, 1.82) is 0 Å². The van der Waals surface area contributed by atoms with Crippen LogP contribution in [0.25, 0.3) is 11.4 Å². The van der Waals surface area contributed by atoms with E-state index >= 15 is 0 Å². The van der Waals surface area contributed by atoms with E-state index in [1.807, 2.05) is 6.07 Å². The Labute approximate surface area is 112 Å². The van der Waals surface area contributed by atoms with Gasteiger partial charge >= 0.3 is 6.18 Å². The van der Waals surface area contributed by atoms with E-state index in [-0.39, 0.29) is 18.4 Å². The van der Waals surface area contributed by atoms with Crippen LogP contribution in [0.5, 0.6) is 0 Å². The first-order chi connectivity index (χ1) is 9.44. The van der Waals surface area contributed by atoms with Gasteiger partial charge in [0, 0.05) is 5.56 Å². The molecule has 0 saturated carbocycles. The standard InChI is InChI=1S/C12H11F3N4O/c13-12(14,15)7-20-6-9-17-10(19-11(16)18-9)8-4-2-1-3-5-8/h1-5H,6-7H2,(H2,16,17,18,19). The Morgan fingerprint density at radius 3 is 2.40 bits per heavy atom. The Hall–Kier alpha value is -2.22. The molecule has 0 aliphatic carbocycles. The van der Waals surface area contributed by atoms with Gasteiger partial charge in [0.15, 0.2) is 11.6 Å². The van der Waals surface area contributed by atoms with E-state index in [0.717, 1.165) is 0 Å². The van der Waals surface area contributed by atoms with Crippen molar-refractivity contribution in [2.45, 2.75) is 12.8 Å². The van der Waals surface area contributed by atoms with Gasteiger partial charge in [0.25, 0.3) is 0 Å². The van der Waals surface area contributed by atoms with E-state index in [4.69, 9.17) is 5.73 Å². The molecule has 0 atom stereocenters. The first-order valence-corrected chi connectivity index (χ1v) is 5.64. The van der Waals surface area contributed by atoms with Crippen LogP contribution in [0.15, 0.2) is 30.3 Å². The molecule has 2 N–H and O–H groups in total. The lowest BCUT2D eigenvalue weighted by atomic mass is 10.2. The number of rotatable bonds is 4. The van der Waals surface area contributed by atoms with E-state index < -0.39 is 12.8 Å². The van der Waals surface area contributed by atoms with Crippen LogP contribution in [-0.2, 0) is 11.3 Å². The van der Waals surface area contributed by atoms with Crippen molar-refractivity contribution in [2.75, 3.05) is 12.3 Å². The SMILES string of the molecule is Nc1nc(COCC(F)(F)F)nc(-c2ccccc2)n1. The highest BCUT2D eigenvalue weighted by Crippen LogP contribution is 2.17. The molecular formula is C12H11F3N4O. The molecule has 0 saturated heterocycles. The largest absolute Gasteiger partial charge is 0.411 e. The normalized spacial score (nSPS) is 11.6. The van der Waals surface area contributed by atoms with Crippen LogP contribution in [0.4, 0.5) is 19.1 Å². The van der Waals surface area contributed by atoms with Crippen LogP contribution in [0.1, 0.15) is 5.82 Å². The van der Waals surface area contributed by atoms with Crippen LogP contribution in [-0.4, -0.2) is 27.7 Å². The molecule has 0 bridgehead atoms. The average molecular weight is 284 g/mol. The Morgan fingerprint density at radius 1 is 1.05 bits per heavy atom. The van der Waals surface area contributed by atoms with Crippen LogP contribution < -0.4 is 5.73 Å². The van der Waals surface area contributed by atoms with Crippen molar-refractivity contribution >= 4 is 5.95 Å². The molecule has 1 aromatic heterocycles. The summed E-state index contributed by atoms with van der Waals surface area (Å²) < 4.78 is 40.4. The highest BCUT2D eigenvalue weighted by atomic mass is 19.4. The van der Waals surface area contributed by atoms with E-state index in [1.54, 1.807) is 24.3 Å². The smallest absolute Gasteiger partial charge is 0.368 e. The quantitative estimate of drug-likeness (QED) is 0.931. The number of aromatic nitrogens is 3. The second kappa shape index (κ2) is 5.83. The Bertz CT molecular complexity index is 575. The molecule has 0 fully saturated rings. The van der Waals surface area contributed by atoms with Gasteiger partial charge < -0.3 is 10.5 Å². The summed E-state index contributed by atoms with van der Waals surface area (Å²) in [5, 5.41) is 0. The predicted octanol–water partition coefficient (Wildman–Crippen LogP) is 2.20. The second-order valence-corrected chi connectivity index (χ2v) is 3.91. The fourth-order valence-corrected chi connectivity index (χ4v) is 1.48. The van der Waals surface area contributed by atoms with Crippen molar-refractivity contribution in [1.82, 2.24) is 15.0 Å². The van der Waals surface area contributed by atoms with Gasteiger partial charge in [-0.3, -0.25) is 0 Å². The molecule has 0 amide bonds. The predicted molar refractivity (Wildman–Crippen MR) is 65.4 cm³/mol.